The number of esters is 12. The highest BCUT2D eigenvalue weighted by Gasteiger charge is 2.68. The Labute approximate surface area is 841 Å². The molecule has 4 aromatic rings. The van der Waals surface area contributed by atoms with Gasteiger partial charge in [0.1, 0.15) is 118 Å². The first-order valence-electron chi connectivity index (χ1n) is 48.0. The highest BCUT2D eigenvalue weighted by Crippen LogP contribution is 2.47. The average Bonchev–Trinajstić information content (AvgIpc) is 1.64. The van der Waals surface area contributed by atoms with E-state index in [1.165, 1.54) is 97.1 Å². The number of fused-ring (bicyclic) bond motifs is 4. The van der Waals surface area contributed by atoms with E-state index in [-0.39, 0.29) is 50.9 Å². The molecule has 0 spiro atoms. The van der Waals surface area contributed by atoms with E-state index in [9.17, 15) is 62.3 Å². The van der Waals surface area contributed by atoms with Crippen LogP contribution >= 0.6 is 0 Å². The summed E-state index contributed by atoms with van der Waals surface area (Å²) in [5.74, 6) is -24.2. The first-order valence-corrected chi connectivity index (χ1v) is 48.0. The van der Waals surface area contributed by atoms with E-state index in [4.69, 9.17) is 99.5 Å². The summed E-state index contributed by atoms with van der Waals surface area (Å²) in [7, 11) is 0. The summed E-state index contributed by atoms with van der Waals surface area (Å²) >= 11 is 0. The molecule has 1 N–H and O–H groups in total. The van der Waals surface area contributed by atoms with Gasteiger partial charge in [0.05, 0.1) is 44.5 Å². The van der Waals surface area contributed by atoms with E-state index < -0.39 is 311 Å². The van der Waals surface area contributed by atoms with Crippen LogP contribution in [0, 0.1) is 0 Å². The number of hydrogen-bond donors (Lipinski definition) is 1. The fourth-order valence-electron chi connectivity index (χ4n) is 19.5. The van der Waals surface area contributed by atoms with Crippen molar-refractivity contribution < 1.29 is 200 Å². The zero-order valence-corrected chi connectivity index (χ0v) is 82.6. The minimum atomic E-state index is -2.65. The second kappa shape index (κ2) is 49.1. The third-order valence-corrected chi connectivity index (χ3v) is 25.4. The summed E-state index contributed by atoms with van der Waals surface area (Å²) in [6.45, 7) is 7.65. The number of rotatable bonds is 42. The second-order valence-corrected chi connectivity index (χ2v) is 36.1. The van der Waals surface area contributed by atoms with Crippen molar-refractivity contribution in [2.45, 2.75) is 320 Å². The molecule has 13 rings (SSSR count). The third-order valence-electron chi connectivity index (χ3n) is 25.4. The van der Waals surface area contributed by atoms with Gasteiger partial charge in [0.2, 0.25) is 12.2 Å². The summed E-state index contributed by atoms with van der Waals surface area (Å²) in [6, 6.07) is 9.23. The molecule has 9 aliphatic heterocycles. The first kappa shape index (κ1) is 110. The molecule has 25 atom stereocenters. The molecule has 4 aromatic carbocycles. The summed E-state index contributed by atoms with van der Waals surface area (Å²) in [4.78, 5) is 306. The Bertz CT molecular complexity index is 5570. The minimum Gasteiger partial charge on any atom is -0.463 e. The highest BCUT2D eigenvalue weighted by atomic mass is 16.8. The lowest BCUT2D eigenvalue weighted by Gasteiger charge is -2.54. The van der Waals surface area contributed by atoms with Crippen molar-refractivity contribution in [3.05, 3.63) is 142 Å². The molecule has 9 amide bonds. The van der Waals surface area contributed by atoms with E-state index in [1.807, 2.05) is 0 Å². The molecule has 5 fully saturated rings. The number of carbonyl (C=O) groups excluding carboxylic acids is 21. The van der Waals surface area contributed by atoms with Crippen molar-refractivity contribution in [3.8, 4) is 0 Å². The fourth-order valence-corrected chi connectivity index (χ4v) is 19.5. The monoisotopic (exact) mass is 2060 g/mol. The number of nitrogens with zero attached hydrogens (tertiary/aromatic N) is 4. The van der Waals surface area contributed by atoms with Crippen LogP contribution in [0.1, 0.15) is 250 Å². The predicted molar refractivity (Wildman–Crippen MR) is 487 cm³/mol. The number of unbranched alkanes of at least 4 members (excludes halogenated alkanes) is 10. The van der Waals surface area contributed by atoms with Crippen LogP contribution in [-0.4, -0.2) is 331 Å². The van der Waals surface area contributed by atoms with Gasteiger partial charge < -0.3 is 105 Å². The number of nitrogens with one attached hydrogen (secondary N) is 1. The Balaban J connectivity index is 0.969. The number of benzene rings is 4. The van der Waals surface area contributed by atoms with Gasteiger partial charge in [-0.05, 0) is 55.0 Å². The van der Waals surface area contributed by atoms with Crippen molar-refractivity contribution in [2.75, 3.05) is 33.0 Å². The lowest BCUT2D eigenvalue weighted by atomic mass is 9.91. The van der Waals surface area contributed by atoms with Crippen molar-refractivity contribution in [1.82, 2.24) is 24.9 Å². The van der Waals surface area contributed by atoms with Crippen LogP contribution in [0.3, 0.4) is 0 Å². The molecule has 47 nitrogen and oxygen atoms in total. The molecular formula is C100H115N5O42. The lowest BCUT2D eigenvalue weighted by molar-refractivity contribution is -0.375. The lowest BCUT2D eigenvalue weighted by Crippen LogP contribution is -2.74. The molecule has 792 valence electrons. The molecule has 0 aliphatic carbocycles. The number of amides is 9. The number of carbonyl (C=O) groups is 21. The normalized spacial score (nSPS) is 28.5. The second-order valence-electron chi connectivity index (χ2n) is 36.1. The largest absolute Gasteiger partial charge is 0.463 e. The molecule has 9 heterocycles. The molecule has 0 bridgehead atoms. The van der Waals surface area contributed by atoms with E-state index in [0.717, 1.165) is 141 Å². The van der Waals surface area contributed by atoms with Gasteiger partial charge in [-0.15, -0.1) is 0 Å². The van der Waals surface area contributed by atoms with Crippen LogP contribution in [0.5, 0.6) is 0 Å². The summed E-state index contributed by atoms with van der Waals surface area (Å²) < 4.78 is 133. The third kappa shape index (κ3) is 25.5. The van der Waals surface area contributed by atoms with Gasteiger partial charge in [-0.2, -0.15) is 0 Å². The van der Waals surface area contributed by atoms with Gasteiger partial charge in [0.15, 0.2) is 61.8 Å². The minimum absolute atomic E-state index is 0.171. The smallest absolute Gasteiger partial charge is 0.305 e. The zero-order chi connectivity index (χ0) is 106. The highest BCUT2D eigenvalue weighted by molar-refractivity contribution is 6.24. The fraction of sp³-hybridized carbons (Fsp3) is 0.550. The van der Waals surface area contributed by atoms with Gasteiger partial charge in [0.25, 0.3) is 47.3 Å². The predicted octanol–water partition coefficient (Wildman–Crippen LogP) is 4.97. The standard InChI is InChI=1S/C100H115N5O42/c1-14-15-16-17-18-19-20-21-22-23-24-41-72(118)101-73-83(133-53(8)112)78(67(42-127-47(2)106)139-96(73)138-58(13)117)144-97-75(103-90(121)61-35-27-28-36-62(61)91(103)122)85(135-55(10)114)80(69(141-97)44-129-49(4)108)146-99-77(105-94(125)65-39-31-32-40-66(65)95(105)126)87(137-57(12)116)82(71(143-99)46-131-51(6)110)147-100-76(104-92(123)63-37-29-30-38-64(63)93(104)124)86(136-56(11)115)81(70(142-100)45-130-50(5)109)145-98-74(102-88(119)59-33-25-26-34-60(59)89(102)120)84(134-54(9)113)79(132-52(7)111)68(140-98)43-128-48(3)107/h25-40,67-71,73-87,96-100H,14-24,41-46H2,1-13H3,(H,101,118)/t67-,68-,69-,70-,71-,73-,74-,75-,76-,77-,78-,79-,80-,81-,82-,83-,84-,85-,86-,87-,96-,97+,98+,99+,100+/m1/s1. The van der Waals surface area contributed by atoms with Crippen molar-refractivity contribution in [3.63, 3.8) is 0 Å². The Hall–Kier alpha value is -13.8. The van der Waals surface area contributed by atoms with Gasteiger partial charge in [-0.25, -0.2) is 0 Å². The molecular weight excluding hydrogens is 1940 g/mol. The van der Waals surface area contributed by atoms with E-state index in [0.29, 0.717) is 32.4 Å². The van der Waals surface area contributed by atoms with Crippen molar-refractivity contribution in [1.29, 1.82) is 0 Å². The summed E-state index contributed by atoms with van der Waals surface area (Å²) in [5, 5.41) is 2.75. The van der Waals surface area contributed by atoms with Crippen LogP contribution in [0.2, 0.25) is 0 Å². The Morgan fingerprint density at radius 1 is 0.245 bits per heavy atom. The molecule has 0 aromatic heterocycles. The molecule has 0 unspecified atom stereocenters. The van der Waals surface area contributed by atoms with Gasteiger partial charge >= 0.3 is 71.6 Å². The molecule has 147 heavy (non-hydrogen) atoms. The van der Waals surface area contributed by atoms with E-state index >= 15 is 38.4 Å². The van der Waals surface area contributed by atoms with Crippen LogP contribution in [0.15, 0.2) is 97.1 Å². The molecule has 47 heteroatoms. The maximum Gasteiger partial charge on any atom is 0.305 e. The van der Waals surface area contributed by atoms with Crippen LogP contribution < -0.4 is 5.32 Å². The molecule has 9 aliphatic rings. The van der Waals surface area contributed by atoms with Crippen molar-refractivity contribution >= 4 is 125 Å². The quantitative estimate of drug-likeness (QED) is 0.0265. The SMILES string of the molecule is CCCCCCCCCCCCCC(=O)N[C@H]1[C@H](OC(C)=O)O[C@H](COC(C)=O)[C@@H](O[C@@H]2O[C@H](COC(C)=O)[C@@H](O[C@@H]3O[C@H](COC(C)=O)[C@@H](O[C@@H]4O[C@H](COC(C)=O)[C@@H](O[C@@H]5O[C@H](COC(C)=O)[C@@H](OC(C)=O)[C@H](OC(C)=O)[C@H]5N5C(=O)c6ccccc6C5=O)[C@H](OC(C)=O)[C@H]4N4C(=O)c5ccccc5C4=O)[C@H](OC(C)=O)[C@H]3N3C(=O)c4ccccc4C3=O)[C@H](OC(C)=O)[C@H]2N2C(=O)c3ccccc3C2=O)[C@@H]1OC(C)=O. The summed E-state index contributed by atoms with van der Waals surface area (Å²) in [5.41, 5.74) is -2.66. The van der Waals surface area contributed by atoms with Crippen LogP contribution in [0.25, 0.3) is 0 Å². The maximum atomic E-state index is 15.9. The van der Waals surface area contributed by atoms with Crippen LogP contribution in [0.4, 0.5) is 0 Å². The van der Waals surface area contributed by atoms with Crippen molar-refractivity contribution in [2.24, 2.45) is 0 Å². The van der Waals surface area contributed by atoms with E-state index in [2.05, 4.69) is 12.2 Å². The zero-order valence-electron chi connectivity index (χ0n) is 82.6. The molecule has 5 saturated heterocycles. The Morgan fingerprint density at radius 3 is 0.673 bits per heavy atom. The maximum absolute atomic E-state index is 15.9. The average molecular weight is 2060 g/mol. The van der Waals surface area contributed by atoms with E-state index in [1.54, 1.807) is 0 Å². The van der Waals surface area contributed by atoms with Crippen LogP contribution in [-0.2, 0) is 162 Å². The Kier molecular flexibility index (Phi) is 36.9. The number of ether oxygens (including phenoxy) is 21. The van der Waals surface area contributed by atoms with Gasteiger partial charge in [0, 0.05) is 89.5 Å². The topological polar surface area (TPSA) is 577 Å². The van der Waals surface area contributed by atoms with Gasteiger partial charge in [-0.3, -0.25) is 120 Å². The molecule has 0 saturated carbocycles. The number of imide groups is 4. The summed E-state index contributed by atoms with van der Waals surface area (Å²) in [6.07, 6.45) is -35.6. The first-order chi connectivity index (χ1) is 70.1. The number of hydrogen-bond acceptors (Lipinski definition) is 42. The Morgan fingerprint density at radius 2 is 0.442 bits per heavy atom. The van der Waals surface area contributed by atoms with Gasteiger partial charge in [-0.1, -0.05) is 120 Å². The molecule has 0 radical (unpaired) electrons.